The monoisotopic (exact) mass is 402 g/mol. The zero-order chi connectivity index (χ0) is 20.3. The lowest BCUT2D eigenvalue weighted by atomic mass is 9.44. The average molecular weight is 403 g/mol. The molecule has 9 unspecified atom stereocenters. The van der Waals surface area contributed by atoms with Gasteiger partial charge in [0.1, 0.15) is 0 Å². The molecule has 162 valence electrons. The van der Waals surface area contributed by atoms with E-state index in [1.165, 1.54) is 25.7 Å². The first-order valence-electron chi connectivity index (χ1n) is 11.7. The summed E-state index contributed by atoms with van der Waals surface area (Å²) in [7, 11) is 0. The van der Waals surface area contributed by atoms with Crippen LogP contribution in [0.5, 0.6) is 0 Å². The number of rotatable bonds is 3. The Kier molecular flexibility index (Phi) is 5.36. The highest BCUT2D eigenvalue weighted by atomic mass is 19.4. The highest BCUT2D eigenvalue weighted by Crippen LogP contribution is 2.69. The lowest BCUT2D eigenvalue weighted by Crippen LogP contribution is -2.54. The SMILES string of the molecule is CC(CCF)C1CCC2C3CCC4CC(C(F)(F)F)CCC4(C)C3CCC12C. The Morgan fingerprint density at radius 2 is 1.57 bits per heavy atom. The molecule has 0 aromatic rings. The van der Waals surface area contributed by atoms with E-state index in [0.29, 0.717) is 54.3 Å². The van der Waals surface area contributed by atoms with Gasteiger partial charge in [-0.2, -0.15) is 13.2 Å². The van der Waals surface area contributed by atoms with Crippen LogP contribution in [0, 0.1) is 52.3 Å². The molecule has 0 bridgehead atoms. The Hall–Kier alpha value is -0.280. The smallest absolute Gasteiger partial charge is 0.251 e. The summed E-state index contributed by atoms with van der Waals surface area (Å²) < 4.78 is 53.0. The minimum atomic E-state index is -4.02. The van der Waals surface area contributed by atoms with Crippen molar-refractivity contribution in [3.8, 4) is 0 Å². The molecule has 0 aromatic heterocycles. The van der Waals surface area contributed by atoms with Gasteiger partial charge in [-0.3, -0.25) is 4.39 Å². The van der Waals surface area contributed by atoms with Gasteiger partial charge < -0.3 is 0 Å². The summed E-state index contributed by atoms with van der Waals surface area (Å²) in [5, 5.41) is 0. The second kappa shape index (κ2) is 7.15. The molecule has 0 nitrogen and oxygen atoms in total. The Morgan fingerprint density at radius 1 is 0.893 bits per heavy atom. The molecule has 0 aromatic carbocycles. The van der Waals surface area contributed by atoms with E-state index in [1.54, 1.807) is 0 Å². The summed E-state index contributed by atoms with van der Waals surface area (Å²) in [6.45, 7) is 6.82. The highest BCUT2D eigenvalue weighted by Gasteiger charge is 2.61. The van der Waals surface area contributed by atoms with Crippen molar-refractivity contribution < 1.29 is 17.6 Å². The maximum absolute atomic E-state index is 13.3. The van der Waals surface area contributed by atoms with Crippen LogP contribution in [0.4, 0.5) is 17.6 Å². The van der Waals surface area contributed by atoms with E-state index >= 15 is 0 Å². The minimum absolute atomic E-state index is 0.106. The zero-order valence-electron chi connectivity index (χ0n) is 17.8. The molecule has 4 aliphatic carbocycles. The number of alkyl halides is 4. The molecule has 4 fully saturated rings. The van der Waals surface area contributed by atoms with Gasteiger partial charge >= 0.3 is 6.18 Å². The summed E-state index contributed by atoms with van der Waals surface area (Å²) in [5.74, 6) is 2.25. The summed E-state index contributed by atoms with van der Waals surface area (Å²) in [5.41, 5.74) is 0.427. The second-order valence-corrected chi connectivity index (χ2v) is 11.4. The zero-order valence-corrected chi connectivity index (χ0v) is 17.8. The lowest BCUT2D eigenvalue weighted by molar-refractivity contribution is -0.208. The third-order valence-electron chi connectivity index (χ3n) is 10.5. The molecule has 4 aliphatic rings. The predicted octanol–water partition coefficient (Wildman–Crippen LogP) is 7.82. The van der Waals surface area contributed by atoms with Gasteiger partial charge in [0.15, 0.2) is 0 Å². The van der Waals surface area contributed by atoms with E-state index in [4.69, 9.17) is 0 Å². The van der Waals surface area contributed by atoms with Crippen LogP contribution in [0.25, 0.3) is 0 Å². The fraction of sp³-hybridized carbons (Fsp3) is 1.00. The normalized spacial score (nSPS) is 49.8. The van der Waals surface area contributed by atoms with Crippen molar-refractivity contribution in [1.82, 2.24) is 0 Å². The topological polar surface area (TPSA) is 0 Å². The quantitative estimate of drug-likeness (QED) is 0.422. The molecule has 4 heteroatoms. The van der Waals surface area contributed by atoms with Gasteiger partial charge in [-0.1, -0.05) is 20.8 Å². The molecule has 4 rings (SSSR count). The van der Waals surface area contributed by atoms with E-state index in [9.17, 15) is 17.6 Å². The van der Waals surface area contributed by atoms with Crippen molar-refractivity contribution in [2.24, 2.45) is 52.3 Å². The number of hydrogen-bond donors (Lipinski definition) is 0. The maximum Gasteiger partial charge on any atom is 0.391 e. The maximum atomic E-state index is 13.3. The van der Waals surface area contributed by atoms with E-state index in [-0.39, 0.29) is 18.0 Å². The van der Waals surface area contributed by atoms with Gasteiger partial charge in [0.25, 0.3) is 0 Å². The van der Waals surface area contributed by atoms with Crippen molar-refractivity contribution in [2.75, 3.05) is 6.67 Å². The molecule has 4 saturated carbocycles. The lowest BCUT2D eigenvalue weighted by Gasteiger charge is -2.61. The molecule has 28 heavy (non-hydrogen) atoms. The summed E-state index contributed by atoms with van der Waals surface area (Å²) in [6.07, 6.45) is 5.08. The van der Waals surface area contributed by atoms with Gasteiger partial charge in [0.05, 0.1) is 12.6 Å². The van der Waals surface area contributed by atoms with Crippen molar-refractivity contribution in [3.05, 3.63) is 0 Å². The molecule has 0 N–H and O–H groups in total. The summed E-state index contributed by atoms with van der Waals surface area (Å²) in [4.78, 5) is 0. The fourth-order valence-corrected chi connectivity index (χ4v) is 8.90. The second-order valence-electron chi connectivity index (χ2n) is 11.4. The molecule has 0 heterocycles. The van der Waals surface area contributed by atoms with Crippen molar-refractivity contribution in [3.63, 3.8) is 0 Å². The Bertz CT molecular complexity index is 571. The van der Waals surface area contributed by atoms with Crippen LogP contribution in [-0.4, -0.2) is 12.9 Å². The molecule has 0 amide bonds. The van der Waals surface area contributed by atoms with Gasteiger partial charge in [-0.05, 0) is 111 Å². The van der Waals surface area contributed by atoms with Gasteiger partial charge in [-0.15, -0.1) is 0 Å². The number of hydrogen-bond acceptors (Lipinski definition) is 0. The van der Waals surface area contributed by atoms with Gasteiger partial charge in [-0.25, -0.2) is 0 Å². The Morgan fingerprint density at radius 3 is 2.25 bits per heavy atom. The van der Waals surface area contributed by atoms with Crippen LogP contribution in [0.1, 0.15) is 85.0 Å². The Balaban J connectivity index is 1.53. The minimum Gasteiger partial charge on any atom is -0.251 e. The first-order valence-corrected chi connectivity index (χ1v) is 11.7. The first-order chi connectivity index (χ1) is 13.1. The van der Waals surface area contributed by atoms with Crippen molar-refractivity contribution >= 4 is 0 Å². The van der Waals surface area contributed by atoms with E-state index in [2.05, 4.69) is 20.8 Å². The molecule has 0 aliphatic heterocycles. The van der Waals surface area contributed by atoms with Crippen LogP contribution in [0.15, 0.2) is 0 Å². The van der Waals surface area contributed by atoms with E-state index < -0.39 is 12.1 Å². The van der Waals surface area contributed by atoms with Crippen molar-refractivity contribution in [2.45, 2.75) is 91.2 Å². The first kappa shape index (κ1) is 21.0. The van der Waals surface area contributed by atoms with E-state index in [0.717, 1.165) is 19.3 Å². The van der Waals surface area contributed by atoms with Gasteiger partial charge in [0, 0.05) is 0 Å². The van der Waals surface area contributed by atoms with Crippen LogP contribution in [0.2, 0.25) is 0 Å². The molecular weight excluding hydrogens is 364 g/mol. The molecule has 0 radical (unpaired) electrons. The van der Waals surface area contributed by atoms with Gasteiger partial charge in [0.2, 0.25) is 0 Å². The fourth-order valence-electron chi connectivity index (χ4n) is 8.90. The van der Waals surface area contributed by atoms with Crippen molar-refractivity contribution in [1.29, 1.82) is 0 Å². The van der Waals surface area contributed by atoms with Crippen LogP contribution >= 0.6 is 0 Å². The molecule has 0 saturated heterocycles. The van der Waals surface area contributed by atoms with Crippen LogP contribution in [-0.2, 0) is 0 Å². The Labute approximate surface area is 168 Å². The summed E-state index contributed by atoms with van der Waals surface area (Å²) in [6, 6.07) is 0. The highest BCUT2D eigenvalue weighted by molar-refractivity contribution is 5.09. The molecular formula is C24H38F4. The van der Waals surface area contributed by atoms with E-state index in [1.807, 2.05) is 0 Å². The van der Waals surface area contributed by atoms with Crippen LogP contribution in [0.3, 0.4) is 0 Å². The third kappa shape index (κ3) is 3.14. The average Bonchev–Trinajstić information content (AvgIpc) is 2.97. The molecule has 9 atom stereocenters. The molecule has 0 spiro atoms. The third-order valence-corrected chi connectivity index (χ3v) is 10.5. The van der Waals surface area contributed by atoms with Crippen LogP contribution < -0.4 is 0 Å². The predicted molar refractivity (Wildman–Crippen MR) is 105 cm³/mol. The number of halogens is 4. The standard InChI is InChI=1S/C24H38F4/c1-15(10-13-25)19-6-7-20-18-5-4-16-14-17(24(26,27)28)8-11-22(16,2)21(18)9-12-23(19,20)3/h15-21H,4-14H2,1-3H3. The largest absolute Gasteiger partial charge is 0.391 e. The number of fused-ring (bicyclic) bond motifs is 5. The summed E-state index contributed by atoms with van der Waals surface area (Å²) >= 11 is 0.